The van der Waals surface area contributed by atoms with Crippen LogP contribution in [0, 0.1) is 6.92 Å². The average Bonchev–Trinajstić information content (AvgIpc) is 2.62. The van der Waals surface area contributed by atoms with Crippen molar-refractivity contribution in [3.8, 4) is 0 Å². The Morgan fingerprint density at radius 2 is 2.40 bits per heavy atom. The number of oxazole rings is 1. The number of hydrogen-bond acceptors (Lipinski definition) is 4. The minimum absolute atomic E-state index is 0.00979. The maximum absolute atomic E-state index is 10.8. The first-order chi connectivity index (χ1) is 7.18. The molecule has 0 saturated carbocycles. The van der Waals surface area contributed by atoms with Gasteiger partial charge in [-0.25, -0.2) is 9.78 Å². The highest BCUT2D eigenvalue weighted by Gasteiger charge is 2.24. The third kappa shape index (κ3) is 2.02. The van der Waals surface area contributed by atoms with Crippen molar-refractivity contribution in [1.82, 2.24) is 4.98 Å². The molecule has 1 aliphatic heterocycles. The predicted molar refractivity (Wildman–Crippen MR) is 51.0 cm³/mol. The van der Waals surface area contributed by atoms with Gasteiger partial charge in [-0.3, -0.25) is 0 Å². The monoisotopic (exact) mass is 211 g/mol. The normalized spacial score (nSPS) is 21.5. The lowest BCUT2D eigenvalue weighted by atomic mass is 10.0. The quantitative estimate of drug-likeness (QED) is 0.803. The molecule has 0 radical (unpaired) electrons. The second-order valence-corrected chi connectivity index (χ2v) is 3.68. The Morgan fingerprint density at radius 3 is 2.93 bits per heavy atom. The minimum atomic E-state index is -1.04. The lowest BCUT2D eigenvalue weighted by Gasteiger charge is -2.18. The van der Waals surface area contributed by atoms with Gasteiger partial charge in [-0.1, -0.05) is 0 Å². The van der Waals surface area contributed by atoms with Crippen LogP contribution in [-0.2, 0) is 4.74 Å². The third-order valence-corrected chi connectivity index (χ3v) is 2.53. The van der Waals surface area contributed by atoms with Crippen molar-refractivity contribution in [1.29, 1.82) is 0 Å². The van der Waals surface area contributed by atoms with Gasteiger partial charge in [0.2, 0.25) is 5.89 Å². The van der Waals surface area contributed by atoms with E-state index in [-0.39, 0.29) is 11.6 Å². The van der Waals surface area contributed by atoms with Crippen molar-refractivity contribution in [3.05, 3.63) is 17.3 Å². The fourth-order valence-corrected chi connectivity index (χ4v) is 1.73. The zero-order valence-electron chi connectivity index (χ0n) is 8.52. The van der Waals surface area contributed by atoms with E-state index in [9.17, 15) is 4.79 Å². The number of aryl methyl sites for hydroxylation is 1. The molecule has 0 aliphatic carbocycles. The van der Waals surface area contributed by atoms with Gasteiger partial charge in [-0.15, -0.1) is 0 Å². The maximum atomic E-state index is 10.8. The van der Waals surface area contributed by atoms with Crippen molar-refractivity contribution < 1.29 is 19.1 Å². The van der Waals surface area contributed by atoms with Crippen molar-refractivity contribution in [3.63, 3.8) is 0 Å². The third-order valence-electron chi connectivity index (χ3n) is 2.53. The molecule has 82 valence electrons. The Balaban J connectivity index is 2.21. The first-order valence-electron chi connectivity index (χ1n) is 4.97. The smallest absolute Gasteiger partial charge is 0.358 e. The van der Waals surface area contributed by atoms with E-state index in [4.69, 9.17) is 14.3 Å². The van der Waals surface area contributed by atoms with Crippen molar-refractivity contribution in [2.24, 2.45) is 0 Å². The minimum Gasteiger partial charge on any atom is -0.476 e. The number of nitrogens with zero attached hydrogens (tertiary/aromatic N) is 1. The summed E-state index contributed by atoms with van der Waals surface area (Å²) in [5.41, 5.74) is 0.00979. The Bertz CT molecular complexity index is 365. The molecule has 2 heterocycles. The molecule has 5 nitrogen and oxygen atoms in total. The Hall–Kier alpha value is -1.36. The molecule has 1 unspecified atom stereocenters. The molecular formula is C10H13NO4. The molecule has 1 atom stereocenters. The van der Waals surface area contributed by atoms with Crippen LogP contribution < -0.4 is 0 Å². The van der Waals surface area contributed by atoms with Gasteiger partial charge in [0.15, 0.2) is 5.69 Å². The fraction of sp³-hybridized carbons (Fsp3) is 0.600. The maximum Gasteiger partial charge on any atom is 0.358 e. The lowest BCUT2D eigenvalue weighted by molar-refractivity contribution is 0.0686. The van der Waals surface area contributed by atoms with E-state index in [1.807, 2.05) is 0 Å². The number of ether oxygens (including phenoxy) is 1. The second kappa shape index (κ2) is 4.02. The molecule has 0 aromatic carbocycles. The number of carbonyl (C=O) groups is 1. The van der Waals surface area contributed by atoms with Crippen LogP contribution in [0.15, 0.2) is 4.42 Å². The highest BCUT2D eigenvalue weighted by molar-refractivity contribution is 5.86. The van der Waals surface area contributed by atoms with Crippen LogP contribution in [0.3, 0.4) is 0 Å². The van der Waals surface area contributed by atoms with Gasteiger partial charge in [0, 0.05) is 6.61 Å². The molecule has 2 rings (SSSR count). The molecule has 0 spiro atoms. The fourth-order valence-electron chi connectivity index (χ4n) is 1.73. The molecule has 1 N–H and O–H groups in total. The zero-order valence-corrected chi connectivity index (χ0v) is 8.52. The van der Waals surface area contributed by atoms with Gasteiger partial charge in [0.05, 0.1) is 12.5 Å². The molecule has 1 aliphatic rings. The number of carboxylic acids is 1. The second-order valence-electron chi connectivity index (χ2n) is 3.68. The van der Waals surface area contributed by atoms with Gasteiger partial charge in [0.1, 0.15) is 5.76 Å². The molecule has 1 fully saturated rings. The summed E-state index contributed by atoms with van der Waals surface area (Å²) in [4.78, 5) is 14.8. The van der Waals surface area contributed by atoms with E-state index in [0.717, 1.165) is 19.4 Å². The Morgan fingerprint density at radius 1 is 1.60 bits per heavy atom. The molecule has 1 saturated heterocycles. The average molecular weight is 211 g/mol. The van der Waals surface area contributed by atoms with Gasteiger partial charge >= 0.3 is 5.97 Å². The molecule has 5 heteroatoms. The van der Waals surface area contributed by atoms with E-state index in [1.165, 1.54) is 0 Å². The summed E-state index contributed by atoms with van der Waals surface area (Å²) in [5.74, 6) is -0.0857. The highest BCUT2D eigenvalue weighted by atomic mass is 16.5. The summed E-state index contributed by atoms with van der Waals surface area (Å²) in [7, 11) is 0. The van der Waals surface area contributed by atoms with E-state index in [2.05, 4.69) is 4.98 Å². The molecule has 0 amide bonds. The molecule has 1 aromatic rings. The van der Waals surface area contributed by atoms with E-state index >= 15 is 0 Å². The van der Waals surface area contributed by atoms with E-state index < -0.39 is 5.97 Å². The summed E-state index contributed by atoms with van der Waals surface area (Å²) in [6, 6.07) is 0. The molecule has 0 bridgehead atoms. The van der Waals surface area contributed by atoms with Crippen molar-refractivity contribution in [2.75, 3.05) is 13.2 Å². The summed E-state index contributed by atoms with van der Waals surface area (Å²) >= 11 is 0. The predicted octanol–water partition coefficient (Wildman–Crippen LogP) is 1.58. The topological polar surface area (TPSA) is 72.6 Å². The lowest BCUT2D eigenvalue weighted by Crippen LogP contribution is -2.15. The summed E-state index contributed by atoms with van der Waals surface area (Å²) in [6.45, 7) is 2.95. The SMILES string of the molecule is Cc1oc(C2CCCOC2)nc1C(=O)O. The van der Waals surface area contributed by atoms with Crippen LogP contribution in [0.1, 0.15) is 40.9 Å². The molecular weight excluding hydrogens is 198 g/mol. The first kappa shape index (κ1) is 10.2. The van der Waals surface area contributed by atoms with E-state index in [1.54, 1.807) is 6.92 Å². The zero-order chi connectivity index (χ0) is 10.8. The number of rotatable bonds is 2. The highest BCUT2D eigenvalue weighted by Crippen LogP contribution is 2.26. The van der Waals surface area contributed by atoms with Crippen LogP contribution in [0.5, 0.6) is 0 Å². The Labute approximate surface area is 87.1 Å². The van der Waals surface area contributed by atoms with Crippen molar-refractivity contribution >= 4 is 5.97 Å². The molecule has 15 heavy (non-hydrogen) atoms. The summed E-state index contributed by atoms with van der Waals surface area (Å²) in [5, 5.41) is 8.82. The Kier molecular flexibility index (Phi) is 2.73. The number of aromatic carboxylic acids is 1. The molecule has 1 aromatic heterocycles. The van der Waals surface area contributed by atoms with Gasteiger partial charge in [-0.05, 0) is 19.8 Å². The van der Waals surface area contributed by atoms with Gasteiger partial charge in [0.25, 0.3) is 0 Å². The van der Waals surface area contributed by atoms with Gasteiger partial charge in [-0.2, -0.15) is 0 Å². The summed E-state index contributed by atoms with van der Waals surface area (Å²) < 4.78 is 10.6. The number of carboxylic acid groups (broad SMARTS) is 1. The van der Waals surface area contributed by atoms with Crippen molar-refractivity contribution in [2.45, 2.75) is 25.7 Å². The standard InChI is InChI=1S/C10H13NO4/c1-6-8(10(12)13)11-9(15-6)7-3-2-4-14-5-7/h7H,2-5H2,1H3,(H,12,13). The number of hydrogen-bond donors (Lipinski definition) is 1. The largest absolute Gasteiger partial charge is 0.476 e. The van der Waals surface area contributed by atoms with E-state index in [0.29, 0.717) is 18.3 Å². The van der Waals surface area contributed by atoms with Crippen LogP contribution in [-0.4, -0.2) is 29.3 Å². The van der Waals surface area contributed by atoms with Crippen LogP contribution in [0.4, 0.5) is 0 Å². The van der Waals surface area contributed by atoms with Crippen LogP contribution in [0.25, 0.3) is 0 Å². The van der Waals surface area contributed by atoms with Crippen LogP contribution in [0.2, 0.25) is 0 Å². The van der Waals surface area contributed by atoms with Gasteiger partial charge < -0.3 is 14.3 Å². The summed E-state index contributed by atoms with van der Waals surface area (Å²) in [6.07, 6.45) is 1.91. The first-order valence-corrected chi connectivity index (χ1v) is 4.97. The number of aromatic nitrogens is 1. The van der Waals surface area contributed by atoms with Crippen LogP contribution >= 0.6 is 0 Å².